The molecule has 0 radical (unpaired) electrons. The van der Waals surface area contributed by atoms with Gasteiger partial charge in [0.1, 0.15) is 5.69 Å². The van der Waals surface area contributed by atoms with Crippen LogP contribution in [0.5, 0.6) is 0 Å². The number of piperidine rings is 1. The Morgan fingerprint density at radius 3 is 2.92 bits per heavy atom. The summed E-state index contributed by atoms with van der Waals surface area (Å²) in [5.41, 5.74) is 9.02. The van der Waals surface area contributed by atoms with Crippen LogP contribution in [0.4, 0.5) is 0 Å². The highest BCUT2D eigenvalue weighted by atomic mass is 16.2. The number of carbonyl (C=O) groups excluding carboxylic acids is 1. The smallest absolute Gasteiger partial charge is 0.273 e. The maximum Gasteiger partial charge on any atom is 0.273 e. The molecule has 1 amide bonds. The van der Waals surface area contributed by atoms with E-state index in [0.29, 0.717) is 18.2 Å². The molecule has 5 nitrogen and oxygen atoms in total. The van der Waals surface area contributed by atoms with Gasteiger partial charge < -0.3 is 10.6 Å². The molecule has 3 rings (SSSR count). The van der Waals surface area contributed by atoms with Crippen LogP contribution in [0, 0.1) is 12.8 Å². The predicted octanol–water partition coefficient (Wildman–Crippen LogP) is 2.65. The second kappa shape index (κ2) is 7.09. The Balaban J connectivity index is 2.02. The lowest BCUT2D eigenvalue weighted by atomic mass is 9.90. The Labute approximate surface area is 142 Å². The minimum atomic E-state index is -0.0282. The largest absolute Gasteiger partial charge is 0.333 e. The summed E-state index contributed by atoms with van der Waals surface area (Å²) in [5.74, 6) is 0.388. The fourth-order valence-electron chi connectivity index (χ4n) is 3.47. The second-order valence-electron chi connectivity index (χ2n) is 6.51. The molecule has 2 atom stereocenters. The maximum absolute atomic E-state index is 13.2. The van der Waals surface area contributed by atoms with Crippen LogP contribution in [-0.2, 0) is 0 Å². The molecule has 0 spiro atoms. The molecule has 5 heteroatoms. The van der Waals surface area contributed by atoms with E-state index in [1.807, 2.05) is 36.1 Å². The van der Waals surface area contributed by atoms with E-state index >= 15 is 0 Å². The molecule has 126 valence electrons. The van der Waals surface area contributed by atoms with Gasteiger partial charge in [-0.15, -0.1) is 0 Å². The number of carbonyl (C=O) groups is 1. The predicted molar refractivity (Wildman–Crippen MR) is 94.5 cm³/mol. The first-order valence-electron chi connectivity index (χ1n) is 8.51. The molecule has 0 aliphatic carbocycles. The molecule has 0 saturated carbocycles. The van der Waals surface area contributed by atoms with Crippen molar-refractivity contribution in [2.75, 3.05) is 13.1 Å². The molecular formula is C19H24N4O. The van der Waals surface area contributed by atoms with Crippen molar-refractivity contribution in [3.8, 4) is 11.1 Å². The minimum absolute atomic E-state index is 0.0282. The topological polar surface area (TPSA) is 72.1 Å². The fraction of sp³-hybridized carbons (Fsp3) is 0.421. The number of hydrogen-bond donors (Lipinski definition) is 1. The summed E-state index contributed by atoms with van der Waals surface area (Å²) < 4.78 is 0. The van der Waals surface area contributed by atoms with Gasteiger partial charge in [-0.3, -0.25) is 9.78 Å². The van der Waals surface area contributed by atoms with Gasteiger partial charge in [-0.2, -0.15) is 0 Å². The molecule has 0 bridgehead atoms. The first-order valence-corrected chi connectivity index (χ1v) is 8.51. The normalized spacial score (nSPS) is 20.9. The number of nitrogens with zero attached hydrogens (tertiary/aromatic N) is 3. The SMILES string of the molecule is Cc1ccc(-c2cccnc2)c(C(=O)N2CCCC(C)C2CN)n1. The second-order valence-corrected chi connectivity index (χ2v) is 6.51. The van der Waals surface area contributed by atoms with Crippen LogP contribution in [0.15, 0.2) is 36.7 Å². The summed E-state index contributed by atoms with van der Waals surface area (Å²) in [6.07, 6.45) is 5.62. The monoisotopic (exact) mass is 324 g/mol. The highest BCUT2D eigenvalue weighted by molar-refractivity contribution is 5.99. The fourth-order valence-corrected chi connectivity index (χ4v) is 3.47. The Morgan fingerprint density at radius 2 is 2.21 bits per heavy atom. The van der Waals surface area contributed by atoms with Crippen LogP contribution in [-0.4, -0.2) is 39.9 Å². The molecule has 2 unspecified atom stereocenters. The van der Waals surface area contributed by atoms with E-state index in [9.17, 15) is 4.79 Å². The van der Waals surface area contributed by atoms with E-state index in [0.717, 1.165) is 36.2 Å². The zero-order valence-corrected chi connectivity index (χ0v) is 14.3. The third kappa shape index (κ3) is 3.17. The zero-order chi connectivity index (χ0) is 17.1. The van der Waals surface area contributed by atoms with Gasteiger partial charge in [0.15, 0.2) is 0 Å². The van der Waals surface area contributed by atoms with Crippen LogP contribution in [0.3, 0.4) is 0 Å². The van der Waals surface area contributed by atoms with Crippen LogP contribution in [0.25, 0.3) is 11.1 Å². The molecule has 2 N–H and O–H groups in total. The lowest BCUT2D eigenvalue weighted by molar-refractivity contribution is 0.0527. The van der Waals surface area contributed by atoms with Gasteiger partial charge in [0.2, 0.25) is 0 Å². The number of hydrogen-bond acceptors (Lipinski definition) is 4. The number of rotatable bonds is 3. The zero-order valence-electron chi connectivity index (χ0n) is 14.3. The number of aryl methyl sites for hydroxylation is 1. The number of likely N-dealkylation sites (tertiary alicyclic amines) is 1. The third-order valence-electron chi connectivity index (χ3n) is 4.83. The van der Waals surface area contributed by atoms with Gasteiger partial charge in [-0.1, -0.05) is 19.1 Å². The average Bonchev–Trinajstić information content (AvgIpc) is 2.61. The first-order chi connectivity index (χ1) is 11.6. The van der Waals surface area contributed by atoms with Crippen LogP contribution in [0.1, 0.15) is 35.9 Å². The van der Waals surface area contributed by atoms with Crippen molar-refractivity contribution in [3.05, 3.63) is 48.0 Å². The van der Waals surface area contributed by atoms with Crippen molar-refractivity contribution >= 4 is 5.91 Å². The van der Waals surface area contributed by atoms with E-state index < -0.39 is 0 Å². The molecular weight excluding hydrogens is 300 g/mol. The standard InChI is InChI=1S/C19H24N4O/c1-13-5-4-10-23(17(13)11-20)19(24)18-16(8-7-14(2)22-18)15-6-3-9-21-12-15/h3,6-9,12-13,17H,4-5,10-11,20H2,1-2H3. The molecule has 1 aliphatic heterocycles. The Kier molecular flexibility index (Phi) is 4.90. The third-order valence-corrected chi connectivity index (χ3v) is 4.83. The lowest BCUT2D eigenvalue weighted by Crippen LogP contribution is -2.51. The molecule has 2 aromatic rings. The van der Waals surface area contributed by atoms with Gasteiger partial charge in [0, 0.05) is 48.3 Å². The molecule has 24 heavy (non-hydrogen) atoms. The maximum atomic E-state index is 13.2. The van der Waals surface area contributed by atoms with E-state index in [1.54, 1.807) is 12.4 Å². The number of amides is 1. The molecule has 0 aromatic carbocycles. The van der Waals surface area contributed by atoms with E-state index in [4.69, 9.17) is 5.73 Å². The highest BCUT2D eigenvalue weighted by Gasteiger charge is 2.33. The van der Waals surface area contributed by atoms with E-state index in [2.05, 4.69) is 16.9 Å². The van der Waals surface area contributed by atoms with Crippen LogP contribution in [0.2, 0.25) is 0 Å². The summed E-state index contributed by atoms with van der Waals surface area (Å²) in [5, 5.41) is 0. The summed E-state index contributed by atoms with van der Waals surface area (Å²) in [6, 6.07) is 7.79. The average molecular weight is 324 g/mol. The van der Waals surface area contributed by atoms with Crippen molar-refractivity contribution in [1.29, 1.82) is 0 Å². The summed E-state index contributed by atoms with van der Waals surface area (Å²) >= 11 is 0. The van der Waals surface area contributed by atoms with Crippen molar-refractivity contribution in [3.63, 3.8) is 0 Å². The Bertz CT molecular complexity index is 717. The summed E-state index contributed by atoms with van der Waals surface area (Å²) in [7, 11) is 0. The van der Waals surface area contributed by atoms with Gasteiger partial charge in [-0.05, 0) is 37.8 Å². The van der Waals surface area contributed by atoms with Crippen LogP contribution < -0.4 is 5.73 Å². The van der Waals surface area contributed by atoms with E-state index in [-0.39, 0.29) is 11.9 Å². The summed E-state index contributed by atoms with van der Waals surface area (Å²) in [6.45, 7) is 5.31. The van der Waals surface area contributed by atoms with Crippen molar-refractivity contribution in [1.82, 2.24) is 14.9 Å². The van der Waals surface area contributed by atoms with Gasteiger partial charge in [0.25, 0.3) is 5.91 Å². The molecule has 1 saturated heterocycles. The van der Waals surface area contributed by atoms with Gasteiger partial charge >= 0.3 is 0 Å². The molecule has 2 aromatic heterocycles. The molecule has 1 fully saturated rings. The number of aromatic nitrogens is 2. The minimum Gasteiger partial charge on any atom is -0.333 e. The highest BCUT2D eigenvalue weighted by Crippen LogP contribution is 2.28. The number of nitrogens with two attached hydrogens (primary N) is 1. The first kappa shape index (κ1) is 16.6. The van der Waals surface area contributed by atoms with Crippen molar-refractivity contribution < 1.29 is 4.79 Å². The number of pyridine rings is 2. The summed E-state index contributed by atoms with van der Waals surface area (Å²) in [4.78, 5) is 23.9. The Hall–Kier alpha value is -2.27. The quantitative estimate of drug-likeness (QED) is 0.942. The van der Waals surface area contributed by atoms with E-state index in [1.165, 1.54) is 0 Å². The van der Waals surface area contributed by atoms with Crippen molar-refractivity contribution in [2.45, 2.75) is 32.7 Å². The van der Waals surface area contributed by atoms with Crippen molar-refractivity contribution in [2.24, 2.45) is 11.7 Å². The van der Waals surface area contributed by atoms with Gasteiger partial charge in [0.05, 0.1) is 0 Å². The van der Waals surface area contributed by atoms with Gasteiger partial charge in [-0.25, -0.2) is 4.98 Å². The molecule has 1 aliphatic rings. The Morgan fingerprint density at radius 1 is 1.38 bits per heavy atom. The lowest BCUT2D eigenvalue weighted by Gasteiger charge is -2.39. The van der Waals surface area contributed by atoms with Crippen LogP contribution >= 0.6 is 0 Å². The molecule has 3 heterocycles.